The molecule has 2 aromatic heterocycles. The van der Waals surface area contributed by atoms with Crippen LogP contribution in [0, 0.1) is 5.82 Å². The van der Waals surface area contributed by atoms with Crippen LogP contribution in [0.4, 0.5) is 4.39 Å². The Labute approximate surface area is 205 Å². The highest BCUT2D eigenvalue weighted by atomic mass is 35.5. The zero-order valence-corrected chi connectivity index (χ0v) is 20.4. The maximum absolute atomic E-state index is 14.8. The first-order chi connectivity index (χ1) is 16.1. The molecule has 1 amide bonds. The molecule has 0 spiro atoms. The van der Waals surface area contributed by atoms with E-state index >= 15 is 0 Å². The molecule has 1 N–H and O–H groups in total. The van der Waals surface area contributed by atoms with Gasteiger partial charge >= 0.3 is 0 Å². The number of aromatic nitrogens is 4. The Morgan fingerprint density at radius 1 is 1.24 bits per heavy atom. The minimum atomic E-state index is -3.84. The van der Waals surface area contributed by atoms with E-state index in [1.165, 1.54) is 52.7 Å². The Kier molecular flexibility index (Phi) is 6.90. The number of benzene rings is 1. The number of hydrogen-bond acceptors (Lipinski definition) is 6. The molecular formula is C21H21Cl2FN6O3S. The number of nitrogens with one attached hydrogen (secondary N) is 1. The normalized spacial score (nSPS) is 16.4. The molecule has 0 saturated carbocycles. The van der Waals surface area contributed by atoms with Crippen molar-refractivity contribution in [2.45, 2.75) is 23.3 Å². The van der Waals surface area contributed by atoms with E-state index in [1.807, 2.05) is 0 Å². The van der Waals surface area contributed by atoms with Gasteiger partial charge in [0.25, 0.3) is 15.9 Å². The molecule has 1 aliphatic heterocycles. The summed E-state index contributed by atoms with van der Waals surface area (Å²) in [6.07, 6.45) is 3.13. The molecule has 0 radical (unpaired) electrons. The summed E-state index contributed by atoms with van der Waals surface area (Å²) < 4.78 is 43.4. The quantitative estimate of drug-likeness (QED) is 0.528. The largest absolute Gasteiger partial charge is 0.351 e. The average Bonchev–Trinajstić information content (AvgIpc) is 3.25. The van der Waals surface area contributed by atoms with Gasteiger partial charge in [0.1, 0.15) is 5.82 Å². The number of carbonyl (C=O) groups excluding carboxylic acids is 1. The van der Waals surface area contributed by atoms with Crippen molar-refractivity contribution in [1.29, 1.82) is 0 Å². The second-order valence-electron chi connectivity index (χ2n) is 8.02. The third-order valence-electron chi connectivity index (χ3n) is 5.98. The number of rotatable bonds is 6. The predicted molar refractivity (Wildman–Crippen MR) is 124 cm³/mol. The van der Waals surface area contributed by atoms with Crippen molar-refractivity contribution in [2.24, 2.45) is 7.05 Å². The number of hydrogen-bond donors (Lipinski definition) is 1. The van der Waals surface area contributed by atoms with Crippen molar-refractivity contribution in [3.63, 3.8) is 0 Å². The molecule has 3 aromatic rings. The number of sulfonamides is 1. The maximum atomic E-state index is 14.8. The van der Waals surface area contributed by atoms with Gasteiger partial charge in [-0.2, -0.15) is 4.31 Å². The molecule has 180 valence electrons. The molecule has 34 heavy (non-hydrogen) atoms. The number of aryl methyl sites for hydroxylation is 1. The summed E-state index contributed by atoms with van der Waals surface area (Å²) in [5.41, 5.74) is -0.514. The standard InChI is InChI=1S/C21H21Cl2FN6O3S/c1-29-18(12-27-28-29)34(32,33)30-9-6-21(7-10-30,19-17(24)3-2-8-25-19)13-26-20(31)15-5-4-14(22)11-16(15)23/h2-5,8,11-12H,6-7,9-10,13H2,1H3,(H,26,31). The van der Waals surface area contributed by atoms with Gasteiger partial charge in [-0.1, -0.05) is 28.4 Å². The van der Waals surface area contributed by atoms with Gasteiger partial charge < -0.3 is 5.32 Å². The molecule has 9 nitrogen and oxygen atoms in total. The van der Waals surface area contributed by atoms with Gasteiger partial charge in [0.2, 0.25) is 0 Å². The van der Waals surface area contributed by atoms with E-state index in [1.54, 1.807) is 6.07 Å². The molecule has 13 heteroatoms. The lowest BCUT2D eigenvalue weighted by Crippen LogP contribution is -2.51. The first-order valence-corrected chi connectivity index (χ1v) is 12.5. The molecule has 1 aromatic carbocycles. The minimum absolute atomic E-state index is 0.0327. The van der Waals surface area contributed by atoms with Gasteiger partial charge in [0.15, 0.2) is 5.03 Å². The zero-order valence-electron chi connectivity index (χ0n) is 18.1. The lowest BCUT2D eigenvalue weighted by atomic mass is 9.75. The van der Waals surface area contributed by atoms with Gasteiger partial charge in [0, 0.05) is 43.3 Å². The van der Waals surface area contributed by atoms with E-state index in [2.05, 4.69) is 20.6 Å². The fourth-order valence-corrected chi connectivity index (χ4v) is 6.07. The van der Waals surface area contributed by atoms with Crippen LogP contribution in [0.1, 0.15) is 28.9 Å². The lowest BCUT2D eigenvalue weighted by molar-refractivity contribution is 0.0931. The summed E-state index contributed by atoms with van der Waals surface area (Å²) in [5.74, 6) is -0.971. The van der Waals surface area contributed by atoms with Crippen LogP contribution in [-0.2, 0) is 22.5 Å². The minimum Gasteiger partial charge on any atom is -0.351 e. The average molecular weight is 527 g/mol. The van der Waals surface area contributed by atoms with Gasteiger partial charge in [-0.3, -0.25) is 9.78 Å². The Bertz CT molecular complexity index is 1330. The van der Waals surface area contributed by atoms with Crippen molar-refractivity contribution in [1.82, 2.24) is 29.6 Å². The summed E-state index contributed by atoms with van der Waals surface area (Å²) in [4.78, 5) is 17.1. The van der Waals surface area contributed by atoms with Crippen molar-refractivity contribution in [3.8, 4) is 0 Å². The van der Waals surface area contributed by atoms with Crippen molar-refractivity contribution < 1.29 is 17.6 Å². The predicted octanol–water partition coefficient (Wildman–Crippen LogP) is 2.81. The Hall–Kier alpha value is -2.60. The SMILES string of the molecule is Cn1nncc1S(=O)(=O)N1CCC(CNC(=O)c2ccc(Cl)cc2Cl)(c2ncccc2F)CC1. The number of amides is 1. The fraction of sp³-hybridized carbons (Fsp3) is 0.333. The highest BCUT2D eigenvalue weighted by Crippen LogP contribution is 2.37. The molecule has 0 unspecified atom stereocenters. The summed E-state index contributed by atoms with van der Waals surface area (Å²) >= 11 is 12.1. The third kappa shape index (κ3) is 4.65. The van der Waals surface area contributed by atoms with Crippen LogP contribution in [0.3, 0.4) is 0 Å². The smallest absolute Gasteiger partial charge is 0.261 e. The van der Waals surface area contributed by atoms with E-state index in [0.29, 0.717) is 5.02 Å². The van der Waals surface area contributed by atoms with Gasteiger partial charge in [-0.05, 0) is 43.2 Å². The number of nitrogens with zero attached hydrogens (tertiary/aromatic N) is 5. The first kappa shape index (κ1) is 24.5. The number of pyridine rings is 1. The Morgan fingerprint density at radius 2 is 1.97 bits per heavy atom. The van der Waals surface area contributed by atoms with Crippen molar-refractivity contribution in [2.75, 3.05) is 19.6 Å². The molecule has 0 atom stereocenters. The second-order valence-corrected chi connectivity index (χ2v) is 10.7. The molecule has 0 bridgehead atoms. The van der Waals surface area contributed by atoms with E-state index in [9.17, 15) is 17.6 Å². The number of piperidine rings is 1. The van der Waals surface area contributed by atoms with E-state index in [4.69, 9.17) is 23.2 Å². The second kappa shape index (κ2) is 9.57. The lowest BCUT2D eigenvalue weighted by Gasteiger charge is -2.41. The van der Waals surface area contributed by atoms with Gasteiger partial charge in [-0.25, -0.2) is 17.5 Å². The molecule has 1 saturated heterocycles. The van der Waals surface area contributed by atoms with E-state index in [-0.39, 0.29) is 53.8 Å². The molecule has 4 rings (SSSR count). The number of halogens is 3. The highest BCUT2D eigenvalue weighted by molar-refractivity contribution is 7.89. The molecule has 1 fully saturated rings. The maximum Gasteiger partial charge on any atom is 0.261 e. The van der Waals surface area contributed by atoms with Crippen LogP contribution in [-0.4, -0.2) is 58.2 Å². The summed E-state index contributed by atoms with van der Waals surface area (Å²) in [6.45, 7) is 0.238. The van der Waals surface area contributed by atoms with Crippen molar-refractivity contribution in [3.05, 3.63) is 69.8 Å². The van der Waals surface area contributed by atoms with Crippen LogP contribution in [0.2, 0.25) is 10.0 Å². The highest BCUT2D eigenvalue weighted by Gasteiger charge is 2.43. The van der Waals surface area contributed by atoms with Crippen LogP contribution in [0.15, 0.2) is 47.8 Å². The van der Waals surface area contributed by atoms with Gasteiger partial charge in [0.05, 0.1) is 22.5 Å². The zero-order chi connectivity index (χ0) is 24.5. The van der Waals surface area contributed by atoms with Crippen molar-refractivity contribution >= 4 is 39.1 Å². The fourth-order valence-electron chi connectivity index (χ4n) is 4.09. The van der Waals surface area contributed by atoms with Crippen LogP contribution >= 0.6 is 23.2 Å². The van der Waals surface area contributed by atoms with Gasteiger partial charge in [-0.15, -0.1) is 5.10 Å². The monoisotopic (exact) mass is 526 g/mol. The third-order valence-corrected chi connectivity index (χ3v) is 8.47. The number of carbonyl (C=O) groups is 1. The molecule has 3 heterocycles. The molecule has 0 aliphatic carbocycles. The first-order valence-electron chi connectivity index (χ1n) is 10.3. The van der Waals surface area contributed by atoms with Crippen LogP contribution in [0.25, 0.3) is 0 Å². The summed E-state index contributed by atoms with van der Waals surface area (Å²) in [6, 6.07) is 7.29. The molecular weight excluding hydrogens is 506 g/mol. The summed E-state index contributed by atoms with van der Waals surface area (Å²) in [5, 5.41) is 10.7. The Morgan fingerprint density at radius 3 is 2.59 bits per heavy atom. The van der Waals surface area contributed by atoms with E-state index < -0.39 is 27.2 Å². The van der Waals surface area contributed by atoms with Crippen LogP contribution in [0.5, 0.6) is 0 Å². The van der Waals surface area contributed by atoms with Crippen LogP contribution < -0.4 is 5.32 Å². The Balaban J connectivity index is 1.58. The summed E-state index contributed by atoms with van der Waals surface area (Å²) in [7, 11) is -2.34. The molecule has 1 aliphatic rings. The van der Waals surface area contributed by atoms with E-state index in [0.717, 1.165) is 0 Å². The topological polar surface area (TPSA) is 110 Å².